The predicted octanol–water partition coefficient (Wildman–Crippen LogP) is 3.78. The lowest BCUT2D eigenvalue weighted by Crippen LogP contribution is -1.95. The van der Waals surface area contributed by atoms with Crippen LogP contribution in [0.5, 0.6) is 0 Å². The van der Waals surface area contributed by atoms with Gasteiger partial charge < -0.3 is 5.73 Å². The Hall–Kier alpha value is -1.76. The topological polar surface area (TPSA) is 26.0 Å². The molecule has 0 fully saturated rings. The molecule has 0 aliphatic rings. The average Bonchev–Trinajstić information content (AvgIpc) is 2.29. The molecule has 2 aromatic rings. The summed E-state index contributed by atoms with van der Waals surface area (Å²) in [6.45, 7) is 6.51. The minimum Gasteiger partial charge on any atom is -0.399 e. The van der Waals surface area contributed by atoms with Gasteiger partial charge in [-0.15, -0.1) is 0 Å². The van der Waals surface area contributed by atoms with Crippen LogP contribution in [0.3, 0.4) is 0 Å². The van der Waals surface area contributed by atoms with Gasteiger partial charge in [0.1, 0.15) is 0 Å². The number of nitrogens with two attached hydrogens (primary N) is 1. The van der Waals surface area contributed by atoms with E-state index in [1.165, 1.54) is 27.8 Å². The Morgan fingerprint density at radius 3 is 2.06 bits per heavy atom. The van der Waals surface area contributed by atoms with Crippen molar-refractivity contribution in [2.45, 2.75) is 27.2 Å². The monoisotopic (exact) mass is 225 g/mol. The molecule has 2 rings (SSSR count). The smallest absolute Gasteiger partial charge is 0.0314 e. The lowest BCUT2D eigenvalue weighted by molar-refractivity contribution is 1.13. The molecule has 0 spiro atoms. The first-order valence-electron chi connectivity index (χ1n) is 5.97. The van der Waals surface area contributed by atoms with Gasteiger partial charge in [0.25, 0.3) is 0 Å². The summed E-state index contributed by atoms with van der Waals surface area (Å²) in [5, 5.41) is 0. The number of hydrogen-bond acceptors (Lipinski definition) is 1. The van der Waals surface area contributed by atoms with Gasteiger partial charge >= 0.3 is 0 Å². The van der Waals surface area contributed by atoms with Crippen LogP contribution in [0.25, 0.3) is 0 Å². The van der Waals surface area contributed by atoms with Gasteiger partial charge in [0.05, 0.1) is 0 Å². The number of rotatable bonds is 2. The predicted molar refractivity (Wildman–Crippen MR) is 74.3 cm³/mol. The molecule has 1 heteroatoms. The van der Waals surface area contributed by atoms with Crippen LogP contribution in [0.4, 0.5) is 5.69 Å². The summed E-state index contributed by atoms with van der Waals surface area (Å²) < 4.78 is 0. The van der Waals surface area contributed by atoms with Crippen LogP contribution in [-0.2, 0) is 6.42 Å². The van der Waals surface area contributed by atoms with Crippen LogP contribution < -0.4 is 5.73 Å². The molecule has 17 heavy (non-hydrogen) atoms. The highest BCUT2D eigenvalue weighted by atomic mass is 14.5. The number of anilines is 1. The van der Waals surface area contributed by atoms with Crippen molar-refractivity contribution in [1.29, 1.82) is 0 Å². The summed E-state index contributed by atoms with van der Waals surface area (Å²) in [5.74, 6) is 0. The highest BCUT2D eigenvalue weighted by molar-refractivity contribution is 5.43. The van der Waals surface area contributed by atoms with Gasteiger partial charge in [-0.05, 0) is 67.1 Å². The van der Waals surface area contributed by atoms with E-state index in [-0.39, 0.29) is 0 Å². The van der Waals surface area contributed by atoms with Gasteiger partial charge in [-0.2, -0.15) is 0 Å². The van der Waals surface area contributed by atoms with Crippen molar-refractivity contribution in [2.24, 2.45) is 0 Å². The van der Waals surface area contributed by atoms with Crippen molar-refractivity contribution >= 4 is 5.69 Å². The third-order valence-electron chi connectivity index (χ3n) is 3.33. The van der Waals surface area contributed by atoms with E-state index in [9.17, 15) is 0 Å². The van der Waals surface area contributed by atoms with Crippen LogP contribution in [0.2, 0.25) is 0 Å². The van der Waals surface area contributed by atoms with Crippen LogP contribution in [0, 0.1) is 20.8 Å². The molecule has 2 N–H and O–H groups in total. The van der Waals surface area contributed by atoms with E-state index in [4.69, 9.17) is 5.73 Å². The lowest BCUT2D eigenvalue weighted by atomic mass is 9.96. The number of benzene rings is 2. The van der Waals surface area contributed by atoms with Crippen LogP contribution in [0.15, 0.2) is 36.4 Å². The molecule has 0 atom stereocenters. The van der Waals surface area contributed by atoms with Gasteiger partial charge in [0.15, 0.2) is 0 Å². The van der Waals surface area contributed by atoms with E-state index in [0.29, 0.717) is 0 Å². The second-order valence-corrected chi connectivity index (χ2v) is 4.78. The summed E-state index contributed by atoms with van der Waals surface area (Å²) in [4.78, 5) is 0. The molecule has 2 aromatic carbocycles. The van der Waals surface area contributed by atoms with E-state index in [1.807, 2.05) is 12.1 Å². The average molecular weight is 225 g/mol. The fourth-order valence-corrected chi connectivity index (χ4v) is 2.07. The summed E-state index contributed by atoms with van der Waals surface area (Å²) >= 11 is 0. The highest BCUT2D eigenvalue weighted by Gasteiger charge is 2.03. The first kappa shape index (κ1) is 11.7. The second-order valence-electron chi connectivity index (χ2n) is 4.78. The third kappa shape index (κ3) is 2.68. The Balaban J connectivity index is 2.30. The van der Waals surface area contributed by atoms with E-state index in [2.05, 4.69) is 45.0 Å². The van der Waals surface area contributed by atoms with E-state index < -0.39 is 0 Å². The molecular formula is C16H19N. The number of nitrogen functional groups attached to an aromatic ring is 1. The Morgan fingerprint density at radius 2 is 1.41 bits per heavy atom. The van der Waals surface area contributed by atoms with Gasteiger partial charge in [-0.3, -0.25) is 0 Å². The summed E-state index contributed by atoms with van der Waals surface area (Å²) in [5.41, 5.74) is 13.3. The molecule has 0 saturated heterocycles. The summed E-state index contributed by atoms with van der Waals surface area (Å²) in [6, 6.07) is 12.7. The van der Waals surface area contributed by atoms with Crippen molar-refractivity contribution in [3.63, 3.8) is 0 Å². The maximum Gasteiger partial charge on any atom is 0.0314 e. The molecule has 0 amide bonds. The standard InChI is InChI=1S/C16H19N/c1-11-8-13(3)15(9-12(11)2)10-14-4-6-16(17)7-5-14/h4-9H,10,17H2,1-3H3. The Labute approximate surface area is 103 Å². The molecule has 0 bridgehead atoms. The van der Waals surface area contributed by atoms with Crippen molar-refractivity contribution in [1.82, 2.24) is 0 Å². The molecule has 1 nitrogen and oxygen atoms in total. The normalized spacial score (nSPS) is 10.5. The first-order chi connectivity index (χ1) is 8.06. The van der Waals surface area contributed by atoms with Crippen LogP contribution in [0.1, 0.15) is 27.8 Å². The zero-order chi connectivity index (χ0) is 12.4. The van der Waals surface area contributed by atoms with Crippen molar-refractivity contribution < 1.29 is 0 Å². The van der Waals surface area contributed by atoms with Gasteiger partial charge in [0.2, 0.25) is 0 Å². The summed E-state index contributed by atoms with van der Waals surface area (Å²) in [7, 11) is 0. The Morgan fingerprint density at radius 1 is 0.824 bits per heavy atom. The number of aryl methyl sites for hydroxylation is 3. The molecule has 0 aliphatic heterocycles. The van der Waals surface area contributed by atoms with Crippen molar-refractivity contribution in [2.75, 3.05) is 5.73 Å². The maximum absolute atomic E-state index is 5.69. The third-order valence-corrected chi connectivity index (χ3v) is 3.33. The molecule has 88 valence electrons. The first-order valence-corrected chi connectivity index (χ1v) is 5.97. The fraction of sp³-hybridized carbons (Fsp3) is 0.250. The molecule has 0 saturated carbocycles. The van der Waals surface area contributed by atoms with Crippen molar-refractivity contribution in [3.05, 3.63) is 64.2 Å². The lowest BCUT2D eigenvalue weighted by Gasteiger charge is -2.10. The van der Waals surface area contributed by atoms with Gasteiger partial charge in [-0.25, -0.2) is 0 Å². The highest BCUT2D eigenvalue weighted by Crippen LogP contribution is 2.19. The molecule has 0 aromatic heterocycles. The van der Waals surface area contributed by atoms with Crippen LogP contribution >= 0.6 is 0 Å². The van der Waals surface area contributed by atoms with Gasteiger partial charge in [0, 0.05) is 5.69 Å². The molecule has 0 aliphatic carbocycles. The maximum atomic E-state index is 5.69. The molecule has 0 unspecified atom stereocenters. The van der Waals surface area contributed by atoms with Gasteiger partial charge in [-0.1, -0.05) is 24.3 Å². The van der Waals surface area contributed by atoms with E-state index in [1.54, 1.807) is 0 Å². The zero-order valence-electron chi connectivity index (χ0n) is 10.7. The minimum absolute atomic E-state index is 0.825. The Kier molecular flexibility index (Phi) is 3.19. The zero-order valence-corrected chi connectivity index (χ0v) is 10.7. The SMILES string of the molecule is Cc1cc(C)c(Cc2ccc(N)cc2)cc1C. The second kappa shape index (κ2) is 4.62. The largest absolute Gasteiger partial charge is 0.399 e. The van der Waals surface area contributed by atoms with E-state index in [0.717, 1.165) is 12.1 Å². The molecule has 0 radical (unpaired) electrons. The van der Waals surface area contributed by atoms with Crippen molar-refractivity contribution in [3.8, 4) is 0 Å². The summed E-state index contributed by atoms with van der Waals surface area (Å²) in [6.07, 6.45) is 0.979. The molecule has 0 heterocycles. The fourth-order valence-electron chi connectivity index (χ4n) is 2.07. The van der Waals surface area contributed by atoms with E-state index >= 15 is 0 Å². The number of hydrogen-bond donors (Lipinski definition) is 1. The van der Waals surface area contributed by atoms with Crippen LogP contribution in [-0.4, -0.2) is 0 Å². The molecular weight excluding hydrogens is 206 g/mol. The Bertz CT molecular complexity index is 524. The minimum atomic E-state index is 0.825. The quantitative estimate of drug-likeness (QED) is 0.773.